The fourth-order valence-electron chi connectivity index (χ4n) is 2.08. The van der Waals surface area contributed by atoms with Gasteiger partial charge in [-0.1, -0.05) is 25.0 Å². The van der Waals surface area contributed by atoms with Gasteiger partial charge in [0.25, 0.3) is 0 Å². The lowest BCUT2D eigenvalue weighted by Gasteiger charge is -2.11. The molecule has 3 heteroatoms. The lowest BCUT2D eigenvalue weighted by Crippen LogP contribution is -2.01. The van der Waals surface area contributed by atoms with Gasteiger partial charge in [-0.25, -0.2) is 4.79 Å². The lowest BCUT2D eigenvalue weighted by atomic mass is 10.1. The van der Waals surface area contributed by atoms with E-state index in [1.54, 1.807) is 6.07 Å². The highest BCUT2D eigenvalue weighted by Crippen LogP contribution is 2.26. The topological polar surface area (TPSA) is 39.4 Å². The second kappa shape index (κ2) is 7.11. The normalized spacial score (nSPS) is 10.6. The zero-order valence-corrected chi connectivity index (χ0v) is 12.9. The smallest absolute Gasteiger partial charge is 0.336 e. The number of hydrogen-bond donors (Lipinski definition) is 0. The van der Waals surface area contributed by atoms with E-state index in [4.69, 9.17) is 9.15 Å². The van der Waals surface area contributed by atoms with Gasteiger partial charge in [-0.2, -0.15) is 0 Å². The van der Waals surface area contributed by atoms with Crippen molar-refractivity contribution in [1.29, 1.82) is 0 Å². The molecule has 0 unspecified atom stereocenters. The maximum Gasteiger partial charge on any atom is 0.336 e. The summed E-state index contributed by atoms with van der Waals surface area (Å²) in [5.41, 5.74) is 2.64. The van der Waals surface area contributed by atoms with E-state index >= 15 is 0 Å². The minimum Gasteiger partial charge on any atom is -0.493 e. The van der Waals surface area contributed by atoms with Crippen molar-refractivity contribution >= 4 is 11.0 Å². The van der Waals surface area contributed by atoms with E-state index in [1.165, 1.54) is 11.6 Å². The SMILES string of the molecule is CCCCOc1cc2oc(=O)ccc2cc1CC=C(C)C. The molecule has 0 bridgehead atoms. The fraction of sp³-hybridized carbons (Fsp3) is 0.389. The minimum atomic E-state index is -0.334. The Hall–Kier alpha value is -2.03. The van der Waals surface area contributed by atoms with Crippen LogP contribution in [0, 0.1) is 0 Å². The van der Waals surface area contributed by atoms with Crippen LogP contribution in [0.15, 0.2) is 45.1 Å². The zero-order chi connectivity index (χ0) is 15.2. The molecule has 1 aromatic heterocycles. The van der Waals surface area contributed by atoms with Gasteiger partial charge in [0.15, 0.2) is 0 Å². The first-order chi connectivity index (χ1) is 10.1. The first-order valence-corrected chi connectivity index (χ1v) is 7.43. The quantitative estimate of drug-likeness (QED) is 0.446. The van der Waals surface area contributed by atoms with Crippen LogP contribution in [0.5, 0.6) is 5.75 Å². The average molecular weight is 286 g/mol. The summed E-state index contributed by atoms with van der Waals surface area (Å²) in [6.45, 7) is 6.98. The van der Waals surface area contributed by atoms with E-state index < -0.39 is 0 Å². The van der Waals surface area contributed by atoms with Crippen molar-refractivity contribution in [3.05, 3.63) is 51.9 Å². The van der Waals surface area contributed by atoms with Gasteiger partial charge >= 0.3 is 5.63 Å². The molecule has 0 N–H and O–H groups in total. The first-order valence-electron chi connectivity index (χ1n) is 7.43. The molecule has 0 saturated heterocycles. The third-order valence-corrected chi connectivity index (χ3v) is 3.29. The Balaban J connectivity index is 2.40. The summed E-state index contributed by atoms with van der Waals surface area (Å²) in [6.07, 6.45) is 5.09. The molecule has 3 nitrogen and oxygen atoms in total. The van der Waals surface area contributed by atoms with E-state index in [1.807, 2.05) is 12.1 Å². The molecule has 112 valence electrons. The predicted molar refractivity (Wildman–Crippen MR) is 86.0 cm³/mol. The van der Waals surface area contributed by atoms with Crippen LogP contribution in [0.25, 0.3) is 11.0 Å². The number of allylic oxidation sites excluding steroid dienone is 2. The van der Waals surface area contributed by atoms with Crippen molar-refractivity contribution in [2.24, 2.45) is 0 Å². The van der Waals surface area contributed by atoms with Crippen LogP contribution in [-0.4, -0.2) is 6.61 Å². The van der Waals surface area contributed by atoms with E-state index in [9.17, 15) is 4.79 Å². The van der Waals surface area contributed by atoms with Crippen molar-refractivity contribution in [3.8, 4) is 5.75 Å². The molecule has 0 saturated carbocycles. The monoisotopic (exact) mass is 286 g/mol. The summed E-state index contributed by atoms with van der Waals surface area (Å²) in [7, 11) is 0. The van der Waals surface area contributed by atoms with Crippen LogP contribution in [0.2, 0.25) is 0 Å². The summed E-state index contributed by atoms with van der Waals surface area (Å²) in [5.74, 6) is 0.808. The molecule has 0 atom stereocenters. The Bertz CT molecular complexity index is 691. The molecule has 0 aliphatic rings. The molecule has 0 amide bonds. The van der Waals surface area contributed by atoms with Gasteiger partial charge in [-0.15, -0.1) is 0 Å². The van der Waals surface area contributed by atoms with Gasteiger partial charge in [-0.05, 0) is 44.4 Å². The van der Waals surface area contributed by atoms with Gasteiger partial charge < -0.3 is 9.15 Å². The van der Waals surface area contributed by atoms with Crippen LogP contribution in [0.1, 0.15) is 39.2 Å². The zero-order valence-electron chi connectivity index (χ0n) is 12.9. The van der Waals surface area contributed by atoms with Crippen LogP contribution >= 0.6 is 0 Å². The number of benzene rings is 1. The minimum absolute atomic E-state index is 0.334. The number of hydrogen-bond acceptors (Lipinski definition) is 3. The van der Waals surface area contributed by atoms with Crippen LogP contribution in [-0.2, 0) is 6.42 Å². The van der Waals surface area contributed by atoms with E-state index in [0.29, 0.717) is 12.2 Å². The Morgan fingerprint density at radius 3 is 2.81 bits per heavy atom. The first kappa shape index (κ1) is 15.4. The molecule has 0 aliphatic heterocycles. The highest BCUT2D eigenvalue weighted by atomic mass is 16.5. The van der Waals surface area contributed by atoms with Gasteiger partial charge in [-0.3, -0.25) is 0 Å². The molecule has 2 aromatic rings. The second-order valence-corrected chi connectivity index (χ2v) is 5.44. The predicted octanol–water partition coefficient (Wildman–Crippen LogP) is 4.48. The molecule has 0 aliphatic carbocycles. The Morgan fingerprint density at radius 2 is 2.10 bits per heavy atom. The summed E-state index contributed by atoms with van der Waals surface area (Å²) >= 11 is 0. The Kier molecular flexibility index (Phi) is 5.20. The molecule has 0 spiro atoms. The van der Waals surface area contributed by atoms with Gasteiger partial charge in [0.2, 0.25) is 0 Å². The van der Waals surface area contributed by atoms with Crippen molar-refractivity contribution < 1.29 is 9.15 Å². The maximum atomic E-state index is 11.3. The highest BCUT2D eigenvalue weighted by molar-refractivity contribution is 5.79. The van der Waals surface area contributed by atoms with Gasteiger partial charge in [0.1, 0.15) is 11.3 Å². The molecule has 0 fully saturated rings. The number of unbranched alkanes of at least 4 members (excludes halogenated alkanes) is 1. The van der Waals surface area contributed by atoms with Crippen molar-refractivity contribution in [1.82, 2.24) is 0 Å². The summed E-state index contributed by atoms with van der Waals surface area (Å²) in [6, 6.07) is 7.12. The molecular formula is C18H22O3. The molecule has 21 heavy (non-hydrogen) atoms. The third kappa shape index (κ3) is 4.22. The molecule has 1 heterocycles. The van der Waals surface area contributed by atoms with Crippen LogP contribution < -0.4 is 10.4 Å². The summed E-state index contributed by atoms with van der Waals surface area (Å²) < 4.78 is 11.1. The standard InChI is InChI=1S/C18H22O3/c1-4-5-10-20-16-12-17-15(8-9-18(19)21-17)11-14(16)7-6-13(2)3/h6,8-9,11-12H,4-5,7,10H2,1-3H3. The molecular weight excluding hydrogens is 264 g/mol. The van der Waals surface area contributed by atoms with Crippen molar-refractivity contribution in [2.75, 3.05) is 6.61 Å². The van der Waals surface area contributed by atoms with Crippen molar-refractivity contribution in [3.63, 3.8) is 0 Å². The summed E-state index contributed by atoms with van der Waals surface area (Å²) in [5, 5.41) is 0.926. The lowest BCUT2D eigenvalue weighted by molar-refractivity contribution is 0.306. The second-order valence-electron chi connectivity index (χ2n) is 5.44. The van der Waals surface area contributed by atoms with E-state index in [0.717, 1.165) is 36.0 Å². The molecule has 1 aromatic carbocycles. The van der Waals surface area contributed by atoms with Crippen LogP contribution in [0.3, 0.4) is 0 Å². The van der Waals surface area contributed by atoms with Crippen LogP contribution in [0.4, 0.5) is 0 Å². The van der Waals surface area contributed by atoms with Crippen molar-refractivity contribution in [2.45, 2.75) is 40.0 Å². The largest absolute Gasteiger partial charge is 0.493 e. The molecule has 2 rings (SSSR count). The summed E-state index contributed by atoms with van der Waals surface area (Å²) in [4.78, 5) is 11.3. The van der Waals surface area contributed by atoms with E-state index in [-0.39, 0.29) is 5.63 Å². The van der Waals surface area contributed by atoms with Gasteiger partial charge in [0.05, 0.1) is 6.61 Å². The number of fused-ring (bicyclic) bond motifs is 1. The number of ether oxygens (including phenoxy) is 1. The number of rotatable bonds is 6. The average Bonchev–Trinajstić information content (AvgIpc) is 2.45. The Morgan fingerprint density at radius 1 is 1.29 bits per heavy atom. The van der Waals surface area contributed by atoms with Gasteiger partial charge in [0, 0.05) is 17.5 Å². The Labute approximate surface area is 125 Å². The molecule has 0 radical (unpaired) electrons. The van der Waals surface area contributed by atoms with E-state index in [2.05, 4.69) is 26.8 Å². The third-order valence-electron chi connectivity index (χ3n) is 3.29. The maximum absolute atomic E-state index is 11.3. The highest BCUT2D eigenvalue weighted by Gasteiger charge is 2.08. The fourth-order valence-corrected chi connectivity index (χ4v) is 2.08.